The summed E-state index contributed by atoms with van der Waals surface area (Å²) in [7, 11) is 0. The molecule has 0 unspecified atom stereocenters. The molecule has 1 heterocycles. The molecule has 0 saturated heterocycles. The van der Waals surface area contributed by atoms with Crippen molar-refractivity contribution in [2.75, 3.05) is 6.61 Å². The van der Waals surface area contributed by atoms with Crippen LogP contribution in [-0.4, -0.2) is 28.6 Å². The lowest BCUT2D eigenvalue weighted by Crippen LogP contribution is -2.08. The highest BCUT2D eigenvalue weighted by atomic mass is 16.6. The Kier molecular flexibility index (Phi) is 4.91. The Morgan fingerprint density at radius 1 is 1.35 bits per heavy atom. The number of hydrogen-bond acceptors (Lipinski definition) is 7. The highest BCUT2D eigenvalue weighted by Crippen LogP contribution is 2.40. The van der Waals surface area contributed by atoms with E-state index >= 15 is 0 Å². The first-order chi connectivity index (χ1) is 11.1. The molecule has 2 aromatic rings. The summed E-state index contributed by atoms with van der Waals surface area (Å²) in [6.07, 6.45) is 4.14. The zero-order valence-corrected chi connectivity index (χ0v) is 12.1. The van der Waals surface area contributed by atoms with Crippen LogP contribution in [0.25, 0.3) is 11.1 Å². The summed E-state index contributed by atoms with van der Waals surface area (Å²) in [4.78, 5) is 40.6. The van der Waals surface area contributed by atoms with E-state index in [1.54, 1.807) is 6.92 Å². The predicted molar refractivity (Wildman–Crippen MR) is 80.1 cm³/mol. The Morgan fingerprint density at radius 3 is 2.61 bits per heavy atom. The molecule has 0 atom stereocenters. The fourth-order valence-corrected chi connectivity index (χ4v) is 2.09. The molecular weight excluding hydrogens is 302 g/mol. The van der Waals surface area contributed by atoms with Crippen LogP contribution in [0.15, 0.2) is 41.7 Å². The van der Waals surface area contributed by atoms with Crippen molar-refractivity contribution in [2.45, 2.75) is 6.92 Å². The van der Waals surface area contributed by atoms with Crippen LogP contribution >= 0.6 is 0 Å². The van der Waals surface area contributed by atoms with Crippen LogP contribution in [0, 0.1) is 10.1 Å². The minimum atomic E-state index is -0.705. The number of nitro benzene ring substituents is 1. The molecule has 0 saturated carbocycles. The number of pyridine rings is 1. The summed E-state index contributed by atoms with van der Waals surface area (Å²) < 4.78 is 4.94. The zero-order valence-electron chi connectivity index (χ0n) is 12.1. The summed E-state index contributed by atoms with van der Waals surface area (Å²) >= 11 is 0. The first kappa shape index (κ1) is 16.0. The molecule has 0 fully saturated rings. The summed E-state index contributed by atoms with van der Waals surface area (Å²) in [6.45, 7) is 1.75. The van der Waals surface area contributed by atoms with E-state index in [9.17, 15) is 19.7 Å². The number of carbonyl (C=O) groups excluding carboxylic acids is 2. The molecule has 23 heavy (non-hydrogen) atoms. The molecule has 0 aliphatic heterocycles. The third-order valence-corrected chi connectivity index (χ3v) is 2.97. The van der Waals surface area contributed by atoms with E-state index in [0.29, 0.717) is 5.56 Å². The number of hydrogen-bond donors (Lipinski definition) is 0. The van der Waals surface area contributed by atoms with Crippen molar-refractivity contribution in [1.29, 1.82) is 0 Å². The molecular formula is C15H11N3O5. The number of aliphatic imine (C=N–C) groups is 1. The average Bonchev–Trinajstić information content (AvgIpc) is 2.55. The van der Waals surface area contributed by atoms with E-state index in [4.69, 9.17) is 4.74 Å². The number of carbonyl (C=O) groups is 1. The Balaban J connectivity index is 2.84. The summed E-state index contributed by atoms with van der Waals surface area (Å²) in [6, 6.07) is 5.57. The third kappa shape index (κ3) is 3.28. The van der Waals surface area contributed by atoms with Gasteiger partial charge in [0.2, 0.25) is 6.08 Å². The summed E-state index contributed by atoms with van der Waals surface area (Å²) in [5.41, 5.74) is -0.241. The van der Waals surface area contributed by atoms with Gasteiger partial charge in [-0.25, -0.2) is 9.59 Å². The second-order valence-electron chi connectivity index (χ2n) is 4.27. The van der Waals surface area contributed by atoms with Crippen molar-refractivity contribution < 1.29 is 19.2 Å². The molecule has 0 bridgehead atoms. The highest BCUT2D eigenvalue weighted by Gasteiger charge is 2.28. The van der Waals surface area contributed by atoms with Gasteiger partial charge in [0.1, 0.15) is 0 Å². The number of ether oxygens (including phenoxy) is 1. The molecule has 0 spiro atoms. The maximum absolute atomic E-state index is 12.1. The van der Waals surface area contributed by atoms with Gasteiger partial charge in [-0.3, -0.25) is 15.1 Å². The van der Waals surface area contributed by atoms with Crippen molar-refractivity contribution in [3.05, 3.63) is 52.3 Å². The van der Waals surface area contributed by atoms with Gasteiger partial charge >= 0.3 is 11.7 Å². The van der Waals surface area contributed by atoms with Gasteiger partial charge in [-0.1, -0.05) is 0 Å². The van der Waals surface area contributed by atoms with Gasteiger partial charge in [0.15, 0.2) is 5.69 Å². The number of aromatic nitrogens is 1. The second-order valence-corrected chi connectivity index (χ2v) is 4.27. The van der Waals surface area contributed by atoms with Gasteiger partial charge in [0.05, 0.1) is 22.7 Å². The van der Waals surface area contributed by atoms with Gasteiger partial charge in [-0.15, -0.1) is 0 Å². The van der Waals surface area contributed by atoms with Crippen molar-refractivity contribution in [3.8, 4) is 11.1 Å². The summed E-state index contributed by atoms with van der Waals surface area (Å²) in [5.74, 6) is -0.705. The maximum Gasteiger partial charge on any atom is 0.339 e. The zero-order chi connectivity index (χ0) is 16.8. The van der Waals surface area contributed by atoms with Crippen molar-refractivity contribution in [2.24, 2.45) is 4.99 Å². The summed E-state index contributed by atoms with van der Waals surface area (Å²) in [5, 5.41) is 11.5. The van der Waals surface area contributed by atoms with Crippen molar-refractivity contribution in [3.63, 3.8) is 0 Å². The van der Waals surface area contributed by atoms with Crippen LogP contribution < -0.4 is 0 Å². The minimum Gasteiger partial charge on any atom is -0.462 e. The first-order valence-corrected chi connectivity index (χ1v) is 6.57. The SMILES string of the molecule is CCOC(=O)c1ccc(N=C=O)c([N+](=O)[O-])c1-c1ccncc1. The number of nitrogens with zero attached hydrogens (tertiary/aromatic N) is 3. The molecule has 0 aliphatic carbocycles. The van der Waals surface area contributed by atoms with E-state index in [2.05, 4.69) is 9.98 Å². The average molecular weight is 313 g/mol. The van der Waals surface area contributed by atoms with E-state index in [1.165, 1.54) is 42.7 Å². The van der Waals surface area contributed by atoms with Crippen molar-refractivity contribution in [1.82, 2.24) is 4.98 Å². The molecule has 8 nitrogen and oxygen atoms in total. The number of nitro groups is 1. The molecule has 0 aliphatic rings. The van der Waals surface area contributed by atoms with Gasteiger partial charge in [0, 0.05) is 12.4 Å². The van der Waals surface area contributed by atoms with Crippen LogP contribution in [0.5, 0.6) is 0 Å². The van der Waals surface area contributed by atoms with E-state index in [0.717, 1.165) is 0 Å². The van der Waals surface area contributed by atoms with Crippen LogP contribution in [0.4, 0.5) is 11.4 Å². The maximum atomic E-state index is 12.1. The van der Waals surface area contributed by atoms with Crippen LogP contribution in [0.1, 0.15) is 17.3 Å². The molecule has 2 rings (SSSR count). The quantitative estimate of drug-likeness (QED) is 0.276. The number of benzene rings is 1. The Morgan fingerprint density at radius 2 is 2.04 bits per heavy atom. The lowest BCUT2D eigenvalue weighted by molar-refractivity contribution is -0.383. The molecule has 0 radical (unpaired) electrons. The fraction of sp³-hybridized carbons (Fsp3) is 0.133. The molecule has 8 heteroatoms. The largest absolute Gasteiger partial charge is 0.462 e. The normalized spacial score (nSPS) is 9.78. The van der Waals surface area contributed by atoms with E-state index in [-0.39, 0.29) is 23.4 Å². The van der Waals surface area contributed by atoms with Crippen molar-refractivity contribution >= 4 is 23.4 Å². The molecule has 1 aromatic heterocycles. The fourth-order valence-electron chi connectivity index (χ4n) is 2.09. The smallest absolute Gasteiger partial charge is 0.339 e. The Labute approximate surface area is 130 Å². The van der Waals surface area contributed by atoms with Crippen LogP contribution in [-0.2, 0) is 9.53 Å². The van der Waals surface area contributed by atoms with E-state index < -0.39 is 16.6 Å². The monoisotopic (exact) mass is 313 g/mol. The Hall–Kier alpha value is -3.38. The molecule has 1 aromatic carbocycles. The van der Waals surface area contributed by atoms with Crippen LogP contribution in [0.2, 0.25) is 0 Å². The second kappa shape index (κ2) is 7.06. The van der Waals surface area contributed by atoms with Gasteiger partial charge < -0.3 is 4.74 Å². The van der Waals surface area contributed by atoms with Gasteiger partial charge in [0.25, 0.3) is 0 Å². The van der Waals surface area contributed by atoms with Gasteiger partial charge in [-0.05, 0) is 36.8 Å². The van der Waals surface area contributed by atoms with Crippen LogP contribution in [0.3, 0.4) is 0 Å². The lowest BCUT2D eigenvalue weighted by atomic mass is 9.97. The Bertz CT molecular complexity index is 798. The minimum absolute atomic E-state index is 0.00889. The first-order valence-electron chi connectivity index (χ1n) is 6.57. The van der Waals surface area contributed by atoms with Gasteiger partial charge in [-0.2, -0.15) is 4.99 Å². The number of rotatable bonds is 5. The standard InChI is InChI=1S/C15H11N3O5/c1-2-23-15(20)11-3-4-12(17-9-19)14(18(21)22)13(11)10-5-7-16-8-6-10/h3-8H,2H2,1H3. The molecule has 116 valence electrons. The number of esters is 1. The number of isocyanates is 1. The lowest BCUT2D eigenvalue weighted by Gasteiger charge is -2.10. The predicted octanol–water partition coefficient (Wildman–Crippen LogP) is 2.80. The molecule has 0 amide bonds. The third-order valence-electron chi connectivity index (χ3n) is 2.97. The van der Waals surface area contributed by atoms with E-state index in [1.807, 2.05) is 0 Å². The topological polar surface area (TPSA) is 112 Å². The molecule has 0 N–H and O–H groups in total. The highest BCUT2D eigenvalue weighted by molar-refractivity contribution is 6.02.